The Labute approximate surface area is 121 Å². The van der Waals surface area contributed by atoms with Crippen LogP contribution in [0.1, 0.15) is 22.6 Å². The molecule has 9 nitrogen and oxygen atoms in total. The Hall–Kier alpha value is -2.71. The fourth-order valence-corrected chi connectivity index (χ4v) is 1.42. The summed E-state index contributed by atoms with van der Waals surface area (Å²) in [5, 5.41) is 11.9. The molecule has 1 aromatic heterocycles. The highest BCUT2D eigenvalue weighted by atomic mass is 16.5. The molecule has 1 aromatic rings. The normalized spacial score (nSPS) is 9.81. The molecule has 114 valence electrons. The summed E-state index contributed by atoms with van der Waals surface area (Å²) in [5.74, 6) is -1.06. The van der Waals surface area contributed by atoms with E-state index in [1.807, 2.05) is 0 Å². The van der Waals surface area contributed by atoms with Gasteiger partial charge in [0.15, 0.2) is 5.69 Å². The molecule has 0 aliphatic rings. The maximum atomic E-state index is 11.6. The second-order valence-corrected chi connectivity index (χ2v) is 4.01. The van der Waals surface area contributed by atoms with E-state index >= 15 is 0 Å². The summed E-state index contributed by atoms with van der Waals surface area (Å²) >= 11 is 0. The molecule has 0 radical (unpaired) electrons. The highest BCUT2D eigenvalue weighted by Crippen LogP contribution is 2.06. The van der Waals surface area contributed by atoms with Gasteiger partial charge in [-0.2, -0.15) is 0 Å². The molecule has 0 aromatic carbocycles. The third-order valence-electron chi connectivity index (χ3n) is 2.54. The molecule has 0 aliphatic carbocycles. The van der Waals surface area contributed by atoms with Crippen molar-refractivity contribution in [3.63, 3.8) is 0 Å². The van der Waals surface area contributed by atoms with E-state index in [1.54, 1.807) is 6.92 Å². The zero-order valence-electron chi connectivity index (χ0n) is 11.9. The molecule has 0 aliphatic heterocycles. The van der Waals surface area contributed by atoms with Crippen molar-refractivity contribution in [2.45, 2.75) is 19.9 Å². The summed E-state index contributed by atoms with van der Waals surface area (Å²) in [6, 6.07) is -0.580. The van der Waals surface area contributed by atoms with Gasteiger partial charge in [-0.05, 0) is 6.92 Å². The van der Waals surface area contributed by atoms with Crippen LogP contribution in [-0.2, 0) is 16.1 Å². The average Bonchev–Trinajstić information content (AvgIpc) is 2.83. The first-order valence-corrected chi connectivity index (χ1v) is 6.19. The zero-order valence-corrected chi connectivity index (χ0v) is 11.9. The predicted molar refractivity (Wildman–Crippen MR) is 72.5 cm³/mol. The molecule has 0 saturated heterocycles. The van der Waals surface area contributed by atoms with Gasteiger partial charge in [-0.25, -0.2) is 14.3 Å². The Morgan fingerprint density at radius 3 is 2.76 bits per heavy atom. The Morgan fingerprint density at radius 1 is 1.43 bits per heavy atom. The first-order valence-electron chi connectivity index (χ1n) is 6.19. The van der Waals surface area contributed by atoms with Crippen molar-refractivity contribution in [1.82, 2.24) is 25.6 Å². The Kier molecular flexibility index (Phi) is 6.05. The lowest BCUT2D eigenvalue weighted by molar-refractivity contribution is -0.120. The van der Waals surface area contributed by atoms with Crippen LogP contribution in [0.5, 0.6) is 0 Å². The van der Waals surface area contributed by atoms with Gasteiger partial charge in [-0.1, -0.05) is 17.9 Å². The standard InChI is InChI=1S/C12H17N5O4/c1-4-7-21-11(19)10-8(2)17(16-15-10)6-5-9(18)14-12(20)13-3/h4H,1,5-7H2,2-3H3,(H2,13,14,18,20). The number of amides is 3. The van der Waals surface area contributed by atoms with Crippen LogP contribution >= 0.6 is 0 Å². The van der Waals surface area contributed by atoms with Gasteiger partial charge in [-0.15, -0.1) is 5.10 Å². The van der Waals surface area contributed by atoms with E-state index in [0.29, 0.717) is 5.69 Å². The number of ether oxygens (including phenoxy) is 1. The highest BCUT2D eigenvalue weighted by molar-refractivity contribution is 5.94. The van der Waals surface area contributed by atoms with Crippen molar-refractivity contribution >= 4 is 17.9 Å². The maximum Gasteiger partial charge on any atom is 0.361 e. The summed E-state index contributed by atoms with van der Waals surface area (Å²) in [4.78, 5) is 34.0. The van der Waals surface area contributed by atoms with E-state index in [1.165, 1.54) is 17.8 Å². The average molecular weight is 295 g/mol. The summed E-state index contributed by atoms with van der Waals surface area (Å²) in [7, 11) is 1.41. The van der Waals surface area contributed by atoms with Crippen LogP contribution in [0.2, 0.25) is 0 Å². The molecular weight excluding hydrogens is 278 g/mol. The van der Waals surface area contributed by atoms with Crippen molar-refractivity contribution in [1.29, 1.82) is 0 Å². The van der Waals surface area contributed by atoms with Crippen molar-refractivity contribution in [3.8, 4) is 0 Å². The minimum absolute atomic E-state index is 0.0266. The van der Waals surface area contributed by atoms with Gasteiger partial charge in [0.2, 0.25) is 5.91 Å². The smallest absolute Gasteiger partial charge is 0.361 e. The first-order chi connectivity index (χ1) is 9.99. The second kappa shape index (κ2) is 7.78. The molecule has 0 unspecified atom stereocenters. The van der Waals surface area contributed by atoms with Crippen molar-refractivity contribution in [2.24, 2.45) is 0 Å². The summed E-state index contributed by atoms with van der Waals surface area (Å²) < 4.78 is 6.26. The molecule has 0 bridgehead atoms. The number of urea groups is 1. The van der Waals surface area contributed by atoms with Gasteiger partial charge in [0.05, 0.1) is 12.2 Å². The van der Waals surface area contributed by atoms with Crippen LogP contribution in [0, 0.1) is 6.92 Å². The van der Waals surface area contributed by atoms with Crippen LogP contribution in [0.3, 0.4) is 0 Å². The SMILES string of the molecule is C=CCOC(=O)c1nnn(CCC(=O)NC(=O)NC)c1C. The minimum Gasteiger partial charge on any atom is -0.457 e. The fourth-order valence-electron chi connectivity index (χ4n) is 1.42. The van der Waals surface area contributed by atoms with E-state index in [0.717, 1.165) is 0 Å². The number of nitrogens with one attached hydrogen (secondary N) is 2. The highest BCUT2D eigenvalue weighted by Gasteiger charge is 2.18. The number of imide groups is 1. The molecule has 1 rings (SSSR count). The molecule has 9 heteroatoms. The number of hydrogen-bond acceptors (Lipinski definition) is 6. The topological polar surface area (TPSA) is 115 Å². The Morgan fingerprint density at radius 2 is 2.14 bits per heavy atom. The number of rotatable bonds is 6. The van der Waals surface area contributed by atoms with Crippen molar-refractivity contribution in [2.75, 3.05) is 13.7 Å². The van der Waals surface area contributed by atoms with E-state index in [4.69, 9.17) is 4.74 Å². The molecule has 21 heavy (non-hydrogen) atoms. The number of nitrogens with zero attached hydrogens (tertiary/aromatic N) is 3. The van der Waals surface area contributed by atoms with Gasteiger partial charge < -0.3 is 10.1 Å². The molecule has 1 heterocycles. The number of esters is 1. The summed E-state index contributed by atoms with van der Waals surface area (Å²) in [5.41, 5.74) is 0.570. The Balaban J connectivity index is 2.59. The Bertz CT molecular complexity index is 552. The van der Waals surface area contributed by atoms with Gasteiger partial charge in [0.25, 0.3) is 0 Å². The summed E-state index contributed by atoms with van der Waals surface area (Å²) in [6.45, 7) is 5.35. The lowest BCUT2D eigenvalue weighted by atomic mass is 10.3. The van der Waals surface area contributed by atoms with Crippen molar-refractivity contribution < 1.29 is 19.1 Å². The van der Waals surface area contributed by atoms with Gasteiger partial charge in [0, 0.05) is 13.5 Å². The zero-order chi connectivity index (χ0) is 15.8. The van der Waals surface area contributed by atoms with Gasteiger partial charge in [-0.3, -0.25) is 10.1 Å². The van der Waals surface area contributed by atoms with Crippen LogP contribution in [0.4, 0.5) is 4.79 Å². The molecular formula is C12H17N5O4. The molecule has 0 atom stereocenters. The fraction of sp³-hybridized carbons (Fsp3) is 0.417. The van der Waals surface area contributed by atoms with Crippen LogP contribution in [-0.4, -0.2) is 46.6 Å². The lowest BCUT2D eigenvalue weighted by Crippen LogP contribution is -2.37. The number of carbonyl (C=O) groups is 3. The van der Waals surface area contributed by atoms with E-state index in [9.17, 15) is 14.4 Å². The molecule has 2 N–H and O–H groups in total. The third kappa shape index (κ3) is 4.71. The van der Waals surface area contributed by atoms with Crippen LogP contribution < -0.4 is 10.6 Å². The third-order valence-corrected chi connectivity index (χ3v) is 2.54. The van der Waals surface area contributed by atoms with Crippen LogP contribution in [0.25, 0.3) is 0 Å². The maximum absolute atomic E-state index is 11.6. The number of aromatic nitrogens is 3. The second-order valence-electron chi connectivity index (χ2n) is 4.01. The monoisotopic (exact) mass is 295 g/mol. The van der Waals surface area contributed by atoms with Crippen LogP contribution in [0.15, 0.2) is 12.7 Å². The molecule has 0 saturated carbocycles. The predicted octanol–water partition coefficient (Wildman–Crippen LogP) is -0.225. The van der Waals surface area contributed by atoms with E-state index < -0.39 is 17.9 Å². The first kappa shape index (κ1) is 16.3. The van der Waals surface area contributed by atoms with E-state index in [-0.39, 0.29) is 25.3 Å². The lowest BCUT2D eigenvalue weighted by Gasteiger charge is -2.04. The summed E-state index contributed by atoms with van der Waals surface area (Å²) in [6.07, 6.45) is 1.47. The number of carbonyl (C=O) groups excluding carboxylic acids is 3. The molecule has 0 spiro atoms. The molecule has 0 fully saturated rings. The number of hydrogen-bond donors (Lipinski definition) is 2. The molecule has 3 amide bonds. The van der Waals surface area contributed by atoms with E-state index in [2.05, 4.69) is 27.5 Å². The van der Waals surface area contributed by atoms with Gasteiger partial charge >= 0.3 is 12.0 Å². The van der Waals surface area contributed by atoms with Gasteiger partial charge in [0.1, 0.15) is 6.61 Å². The van der Waals surface area contributed by atoms with Crippen molar-refractivity contribution in [3.05, 3.63) is 24.0 Å². The quantitative estimate of drug-likeness (QED) is 0.553. The minimum atomic E-state index is -0.603. The number of aryl methyl sites for hydroxylation is 1. The largest absolute Gasteiger partial charge is 0.457 e.